The van der Waals surface area contributed by atoms with Gasteiger partial charge in [-0.2, -0.15) is 0 Å². The highest BCUT2D eigenvalue weighted by Crippen LogP contribution is 2.34. The van der Waals surface area contributed by atoms with E-state index in [4.69, 9.17) is 10.5 Å². The first-order valence-electron chi connectivity index (χ1n) is 8.42. The number of nitrogens with zero attached hydrogens (tertiary/aromatic N) is 1. The van der Waals surface area contributed by atoms with Crippen LogP contribution in [0.25, 0.3) is 0 Å². The molecule has 0 spiro atoms. The van der Waals surface area contributed by atoms with E-state index in [1.165, 1.54) is 11.1 Å². The van der Waals surface area contributed by atoms with Crippen molar-refractivity contribution in [1.29, 1.82) is 0 Å². The predicted molar refractivity (Wildman–Crippen MR) is 88.0 cm³/mol. The Morgan fingerprint density at radius 1 is 1.50 bits per heavy atom. The minimum absolute atomic E-state index is 0.127. The van der Waals surface area contributed by atoms with Crippen molar-refractivity contribution in [3.63, 3.8) is 0 Å². The summed E-state index contributed by atoms with van der Waals surface area (Å²) in [5.41, 5.74) is 9.65. The van der Waals surface area contributed by atoms with Crippen molar-refractivity contribution in [3.8, 4) is 0 Å². The van der Waals surface area contributed by atoms with Crippen LogP contribution in [0.5, 0.6) is 0 Å². The maximum absolute atomic E-state index is 12.7. The van der Waals surface area contributed by atoms with Gasteiger partial charge in [0.2, 0.25) is 0 Å². The molecule has 2 aliphatic heterocycles. The monoisotopic (exact) mass is 302 g/mol. The Balaban J connectivity index is 1.81. The van der Waals surface area contributed by atoms with Crippen LogP contribution in [0, 0.1) is 0 Å². The maximum atomic E-state index is 12.7. The highest BCUT2D eigenvalue weighted by atomic mass is 16.5. The molecule has 2 N–H and O–H groups in total. The Kier molecular flexibility index (Phi) is 4.50. The number of benzene rings is 1. The van der Waals surface area contributed by atoms with Crippen LogP contribution >= 0.6 is 0 Å². The number of ether oxygens (including phenoxy) is 1. The van der Waals surface area contributed by atoms with E-state index in [1.807, 2.05) is 4.90 Å². The zero-order valence-corrected chi connectivity index (χ0v) is 13.5. The number of hydrogen-bond acceptors (Lipinski definition) is 3. The third-order valence-corrected chi connectivity index (χ3v) is 4.82. The summed E-state index contributed by atoms with van der Waals surface area (Å²) >= 11 is 0. The summed E-state index contributed by atoms with van der Waals surface area (Å²) in [5, 5.41) is 0. The van der Waals surface area contributed by atoms with E-state index < -0.39 is 0 Å². The van der Waals surface area contributed by atoms with Gasteiger partial charge in [-0.1, -0.05) is 19.1 Å². The minimum atomic E-state index is -0.249. The van der Waals surface area contributed by atoms with Crippen molar-refractivity contribution in [1.82, 2.24) is 0 Å². The van der Waals surface area contributed by atoms with Crippen LogP contribution in [0.1, 0.15) is 44.2 Å². The number of carbonyl (C=O) groups excluding carboxylic acids is 1. The van der Waals surface area contributed by atoms with Gasteiger partial charge in [0, 0.05) is 24.4 Å². The SMILES string of the molecule is CCC(N)Cc1ccc2c(c1)CC(C)N2C(=O)C1CCCO1. The van der Waals surface area contributed by atoms with Crippen molar-refractivity contribution in [2.75, 3.05) is 11.5 Å². The molecule has 22 heavy (non-hydrogen) atoms. The number of anilines is 1. The lowest BCUT2D eigenvalue weighted by Crippen LogP contribution is -2.42. The van der Waals surface area contributed by atoms with Gasteiger partial charge >= 0.3 is 0 Å². The first-order chi connectivity index (χ1) is 10.6. The highest BCUT2D eigenvalue weighted by Gasteiger charge is 2.36. The molecular formula is C18H26N2O2. The molecule has 0 aliphatic carbocycles. The number of nitrogens with two attached hydrogens (primary N) is 1. The average Bonchev–Trinajstić information content (AvgIpc) is 3.13. The van der Waals surface area contributed by atoms with Gasteiger partial charge in [0.25, 0.3) is 5.91 Å². The van der Waals surface area contributed by atoms with Crippen LogP contribution in [0.3, 0.4) is 0 Å². The summed E-state index contributed by atoms with van der Waals surface area (Å²) in [4.78, 5) is 14.7. The highest BCUT2D eigenvalue weighted by molar-refractivity contribution is 5.99. The van der Waals surface area contributed by atoms with Gasteiger partial charge < -0.3 is 15.4 Å². The number of carbonyl (C=O) groups is 1. The Hall–Kier alpha value is -1.39. The molecule has 120 valence electrons. The number of fused-ring (bicyclic) bond motifs is 1. The third kappa shape index (κ3) is 2.90. The fraction of sp³-hybridized carbons (Fsp3) is 0.611. The molecule has 3 rings (SSSR count). The quantitative estimate of drug-likeness (QED) is 0.929. The normalized spacial score (nSPS) is 25.3. The van der Waals surface area contributed by atoms with E-state index in [2.05, 4.69) is 32.0 Å². The van der Waals surface area contributed by atoms with E-state index in [0.29, 0.717) is 6.61 Å². The van der Waals surface area contributed by atoms with E-state index in [9.17, 15) is 4.79 Å². The lowest BCUT2D eigenvalue weighted by Gasteiger charge is -2.25. The standard InChI is InChI=1S/C18H26N2O2/c1-3-15(19)11-13-6-7-16-14(10-13)9-12(2)20(16)18(21)17-5-4-8-22-17/h6-7,10,12,15,17H,3-5,8-9,11,19H2,1-2H3. The van der Waals surface area contributed by atoms with E-state index in [1.54, 1.807) is 0 Å². The van der Waals surface area contributed by atoms with Crippen molar-refractivity contribution in [2.45, 2.75) is 64.1 Å². The molecule has 0 radical (unpaired) electrons. The first-order valence-corrected chi connectivity index (χ1v) is 8.42. The summed E-state index contributed by atoms with van der Waals surface area (Å²) in [6.07, 6.45) is 4.39. The van der Waals surface area contributed by atoms with Crippen molar-refractivity contribution >= 4 is 11.6 Å². The van der Waals surface area contributed by atoms with E-state index in [-0.39, 0.29) is 24.1 Å². The van der Waals surface area contributed by atoms with Crippen LogP contribution in [0.2, 0.25) is 0 Å². The van der Waals surface area contributed by atoms with Crippen molar-refractivity contribution in [3.05, 3.63) is 29.3 Å². The number of amides is 1. The molecular weight excluding hydrogens is 276 g/mol. The number of rotatable bonds is 4. The molecule has 3 unspecified atom stereocenters. The lowest BCUT2D eigenvalue weighted by atomic mass is 10.0. The number of hydrogen-bond donors (Lipinski definition) is 1. The van der Waals surface area contributed by atoms with Gasteiger partial charge in [-0.05, 0) is 56.2 Å². The van der Waals surface area contributed by atoms with Crippen LogP contribution in [-0.2, 0) is 22.4 Å². The molecule has 0 bridgehead atoms. The Morgan fingerprint density at radius 2 is 2.32 bits per heavy atom. The maximum Gasteiger partial charge on any atom is 0.256 e. The van der Waals surface area contributed by atoms with Gasteiger partial charge in [-0.3, -0.25) is 4.79 Å². The van der Waals surface area contributed by atoms with E-state index in [0.717, 1.165) is 37.8 Å². The lowest BCUT2D eigenvalue weighted by molar-refractivity contribution is -0.127. The van der Waals surface area contributed by atoms with Gasteiger partial charge in [-0.25, -0.2) is 0 Å². The fourth-order valence-corrected chi connectivity index (χ4v) is 3.52. The molecule has 1 fully saturated rings. The zero-order valence-electron chi connectivity index (χ0n) is 13.5. The third-order valence-electron chi connectivity index (χ3n) is 4.82. The summed E-state index contributed by atoms with van der Waals surface area (Å²) in [5.74, 6) is 0.127. The molecule has 1 saturated heterocycles. The van der Waals surface area contributed by atoms with Gasteiger partial charge in [0.05, 0.1) is 0 Å². The molecule has 3 atom stereocenters. The summed E-state index contributed by atoms with van der Waals surface area (Å²) < 4.78 is 5.57. The van der Waals surface area contributed by atoms with Gasteiger partial charge in [-0.15, -0.1) is 0 Å². The first kappa shape index (κ1) is 15.5. The van der Waals surface area contributed by atoms with Crippen LogP contribution < -0.4 is 10.6 Å². The van der Waals surface area contributed by atoms with Gasteiger partial charge in [0.1, 0.15) is 6.10 Å². The van der Waals surface area contributed by atoms with Crippen LogP contribution in [0.4, 0.5) is 5.69 Å². The predicted octanol–water partition coefficient (Wildman–Crippen LogP) is 2.42. The molecule has 1 amide bonds. The smallest absolute Gasteiger partial charge is 0.256 e. The summed E-state index contributed by atoms with van der Waals surface area (Å²) in [6.45, 7) is 4.94. The molecule has 2 heterocycles. The zero-order chi connectivity index (χ0) is 15.7. The second-order valence-corrected chi connectivity index (χ2v) is 6.60. The molecule has 2 aliphatic rings. The molecule has 0 aromatic heterocycles. The fourth-order valence-electron chi connectivity index (χ4n) is 3.52. The Bertz CT molecular complexity index is 552. The van der Waals surface area contributed by atoms with Crippen molar-refractivity contribution < 1.29 is 9.53 Å². The van der Waals surface area contributed by atoms with E-state index >= 15 is 0 Å². The Labute approximate surface area is 132 Å². The largest absolute Gasteiger partial charge is 0.368 e. The van der Waals surface area contributed by atoms with Crippen LogP contribution in [-0.4, -0.2) is 30.7 Å². The molecule has 4 heteroatoms. The molecule has 1 aromatic carbocycles. The van der Waals surface area contributed by atoms with Crippen molar-refractivity contribution in [2.24, 2.45) is 5.73 Å². The summed E-state index contributed by atoms with van der Waals surface area (Å²) in [7, 11) is 0. The average molecular weight is 302 g/mol. The minimum Gasteiger partial charge on any atom is -0.368 e. The topological polar surface area (TPSA) is 55.6 Å². The molecule has 4 nitrogen and oxygen atoms in total. The van der Waals surface area contributed by atoms with Gasteiger partial charge in [0.15, 0.2) is 0 Å². The summed E-state index contributed by atoms with van der Waals surface area (Å²) in [6, 6.07) is 6.85. The van der Waals surface area contributed by atoms with Crippen LogP contribution in [0.15, 0.2) is 18.2 Å². The Morgan fingerprint density at radius 3 is 3.00 bits per heavy atom. The second kappa shape index (κ2) is 6.39. The molecule has 0 saturated carbocycles. The molecule has 1 aromatic rings. The second-order valence-electron chi connectivity index (χ2n) is 6.60.